The Morgan fingerprint density at radius 2 is 2.12 bits per heavy atom. The van der Waals surface area contributed by atoms with Crippen LogP contribution in [0.15, 0.2) is 0 Å². The maximum Gasteiger partial charge on any atom is 0.0860 e. The van der Waals surface area contributed by atoms with E-state index in [-0.39, 0.29) is 12.1 Å². The summed E-state index contributed by atoms with van der Waals surface area (Å²) in [6.07, 6.45) is 0.861. The van der Waals surface area contributed by atoms with Gasteiger partial charge in [0.2, 0.25) is 0 Å². The Balaban J connectivity index is 2.81. The van der Waals surface area contributed by atoms with Crippen LogP contribution in [0.5, 0.6) is 0 Å². The van der Waals surface area contributed by atoms with E-state index >= 15 is 0 Å². The molecule has 1 aromatic rings. The van der Waals surface area contributed by atoms with Crippen LogP contribution >= 0.6 is 11.6 Å². The number of nitrogens with zero attached hydrogens (tertiary/aromatic N) is 2. The third kappa shape index (κ3) is 3.21. The van der Waals surface area contributed by atoms with Gasteiger partial charge in [0, 0.05) is 18.6 Å². The summed E-state index contributed by atoms with van der Waals surface area (Å²) in [6, 6.07) is 0. The average molecular weight is 260 g/mol. The van der Waals surface area contributed by atoms with Gasteiger partial charge in [0.15, 0.2) is 0 Å². The molecule has 17 heavy (non-hydrogen) atoms. The molecule has 0 fully saturated rings. The smallest absolute Gasteiger partial charge is 0.0860 e. The van der Waals surface area contributed by atoms with Gasteiger partial charge in [0.1, 0.15) is 0 Å². The number of nitrogens with one attached hydrogen (secondary N) is 1. The van der Waals surface area contributed by atoms with Crippen molar-refractivity contribution in [2.24, 2.45) is 0 Å². The molecule has 0 amide bonds. The van der Waals surface area contributed by atoms with E-state index in [4.69, 9.17) is 11.6 Å². The largest absolute Gasteiger partial charge is 0.394 e. The van der Waals surface area contributed by atoms with E-state index in [1.807, 2.05) is 32.4 Å². The highest BCUT2D eigenvalue weighted by molar-refractivity contribution is 6.31. The van der Waals surface area contributed by atoms with Crippen LogP contribution in [0.1, 0.15) is 38.6 Å². The third-order valence-corrected chi connectivity index (χ3v) is 3.76. The van der Waals surface area contributed by atoms with Gasteiger partial charge in [0.05, 0.1) is 23.0 Å². The fraction of sp³-hybridized carbons (Fsp3) is 0.750. The van der Waals surface area contributed by atoms with Crippen LogP contribution in [0, 0.1) is 6.92 Å². The summed E-state index contributed by atoms with van der Waals surface area (Å²) >= 11 is 6.22. The van der Waals surface area contributed by atoms with E-state index in [1.165, 1.54) is 0 Å². The second-order valence-electron chi connectivity index (χ2n) is 4.59. The van der Waals surface area contributed by atoms with Crippen LogP contribution in [0.3, 0.4) is 0 Å². The van der Waals surface area contributed by atoms with Crippen LogP contribution < -0.4 is 5.32 Å². The van der Waals surface area contributed by atoms with Crippen molar-refractivity contribution in [3.05, 3.63) is 16.4 Å². The van der Waals surface area contributed by atoms with E-state index in [9.17, 15) is 5.11 Å². The van der Waals surface area contributed by atoms with Crippen molar-refractivity contribution in [3.8, 4) is 0 Å². The number of hydrogen-bond donors (Lipinski definition) is 2. The predicted octanol–water partition coefficient (Wildman–Crippen LogP) is 2.12. The first-order valence-electron chi connectivity index (χ1n) is 6.05. The first kappa shape index (κ1) is 14.5. The van der Waals surface area contributed by atoms with Crippen LogP contribution in [0.25, 0.3) is 0 Å². The SMILES string of the molecule is CCn1nc(C)c(Cl)c1CNC(C)(CC)CO. The molecule has 2 N–H and O–H groups in total. The number of rotatable bonds is 6. The molecule has 4 nitrogen and oxygen atoms in total. The number of aliphatic hydroxyl groups excluding tert-OH is 1. The minimum Gasteiger partial charge on any atom is -0.394 e. The summed E-state index contributed by atoms with van der Waals surface area (Å²) in [5.41, 5.74) is 1.58. The molecule has 0 saturated carbocycles. The number of halogens is 1. The van der Waals surface area contributed by atoms with Gasteiger partial charge >= 0.3 is 0 Å². The summed E-state index contributed by atoms with van der Waals surface area (Å²) < 4.78 is 1.90. The van der Waals surface area contributed by atoms with Crippen molar-refractivity contribution in [1.82, 2.24) is 15.1 Å². The molecule has 0 aliphatic carbocycles. The Hall–Kier alpha value is -0.580. The highest BCUT2D eigenvalue weighted by Crippen LogP contribution is 2.21. The molecular weight excluding hydrogens is 238 g/mol. The topological polar surface area (TPSA) is 50.1 Å². The molecule has 1 heterocycles. The van der Waals surface area contributed by atoms with Crippen LogP contribution in [-0.4, -0.2) is 27.0 Å². The fourth-order valence-corrected chi connectivity index (χ4v) is 1.83. The maximum absolute atomic E-state index is 9.35. The monoisotopic (exact) mass is 259 g/mol. The minimum atomic E-state index is -0.264. The van der Waals surface area contributed by atoms with Crippen molar-refractivity contribution < 1.29 is 5.11 Å². The average Bonchev–Trinajstić information content (AvgIpc) is 2.62. The molecule has 0 saturated heterocycles. The lowest BCUT2D eigenvalue weighted by Crippen LogP contribution is -2.44. The normalized spacial score (nSPS) is 14.9. The molecule has 98 valence electrons. The lowest BCUT2D eigenvalue weighted by atomic mass is 10.0. The summed E-state index contributed by atoms with van der Waals surface area (Å²) in [6.45, 7) is 9.53. The first-order valence-corrected chi connectivity index (χ1v) is 6.43. The summed E-state index contributed by atoms with van der Waals surface area (Å²) in [4.78, 5) is 0. The zero-order chi connectivity index (χ0) is 13.1. The van der Waals surface area contributed by atoms with Gasteiger partial charge in [-0.1, -0.05) is 18.5 Å². The standard InChI is InChI=1S/C12H22ClN3O/c1-5-12(4,8-17)14-7-10-11(13)9(3)15-16(10)6-2/h14,17H,5-8H2,1-4H3. The molecule has 0 aromatic carbocycles. The van der Waals surface area contributed by atoms with E-state index in [0.29, 0.717) is 6.54 Å². The van der Waals surface area contributed by atoms with E-state index < -0.39 is 0 Å². The van der Waals surface area contributed by atoms with Crippen LogP contribution in [-0.2, 0) is 13.1 Å². The maximum atomic E-state index is 9.35. The molecular formula is C12H22ClN3O. The molecule has 0 aliphatic rings. The van der Waals surface area contributed by atoms with Gasteiger partial charge in [0.25, 0.3) is 0 Å². The Labute approximate surface area is 108 Å². The molecule has 0 spiro atoms. The highest BCUT2D eigenvalue weighted by atomic mass is 35.5. The molecule has 1 atom stereocenters. The van der Waals surface area contributed by atoms with Crippen molar-refractivity contribution >= 4 is 11.6 Å². The Morgan fingerprint density at radius 1 is 1.47 bits per heavy atom. The van der Waals surface area contributed by atoms with Gasteiger partial charge in [-0.2, -0.15) is 5.10 Å². The predicted molar refractivity (Wildman–Crippen MR) is 70.3 cm³/mol. The van der Waals surface area contributed by atoms with E-state index in [0.717, 1.165) is 29.4 Å². The molecule has 1 aromatic heterocycles. The molecule has 5 heteroatoms. The zero-order valence-electron chi connectivity index (χ0n) is 11.0. The second kappa shape index (κ2) is 5.85. The fourth-order valence-electron chi connectivity index (χ4n) is 1.63. The molecule has 0 aliphatic heterocycles. The van der Waals surface area contributed by atoms with Gasteiger partial charge in [-0.15, -0.1) is 0 Å². The molecule has 1 rings (SSSR count). The summed E-state index contributed by atoms with van der Waals surface area (Å²) in [5, 5.41) is 17.8. The van der Waals surface area contributed by atoms with E-state index in [1.54, 1.807) is 0 Å². The number of aryl methyl sites for hydroxylation is 2. The summed E-state index contributed by atoms with van der Waals surface area (Å²) in [7, 11) is 0. The van der Waals surface area contributed by atoms with Crippen LogP contribution in [0.2, 0.25) is 5.02 Å². The van der Waals surface area contributed by atoms with Gasteiger partial charge in [-0.25, -0.2) is 0 Å². The Bertz CT molecular complexity index is 372. The molecule has 1 unspecified atom stereocenters. The summed E-state index contributed by atoms with van der Waals surface area (Å²) in [5.74, 6) is 0. The third-order valence-electron chi connectivity index (χ3n) is 3.26. The van der Waals surface area contributed by atoms with Crippen LogP contribution in [0.4, 0.5) is 0 Å². The number of aromatic nitrogens is 2. The number of aliphatic hydroxyl groups is 1. The quantitative estimate of drug-likeness (QED) is 0.823. The van der Waals surface area contributed by atoms with Crippen molar-refractivity contribution in [2.45, 2.75) is 52.7 Å². The van der Waals surface area contributed by atoms with Gasteiger partial charge in [-0.3, -0.25) is 4.68 Å². The first-order chi connectivity index (χ1) is 7.97. The van der Waals surface area contributed by atoms with E-state index in [2.05, 4.69) is 10.4 Å². The lowest BCUT2D eigenvalue weighted by Gasteiger charge is -2.27. The second-order valence-corrected chi connectivity index (χ2v) is 4.97. The Morgan fingerprint density at radius 3 is 2.59 bits per heavy atom. The number of hydrogen-bond acceptors (Lipinski definition) is 3. The van der Waals surface area contributed by atoms with Crippen molar-refractivity contribution in [1.29, 1.82) is 0 Å². The molecule has 0 radical (unpaired) electrons. The highest BCUT2D eigenvalue weighted by Gasteiger charge is 2.22. The zero-order valence-corrected chi connectivity index (χ0v) is 11.8. The van der Waals surface area contributed by atoms with Crippen molar-refractivity contribution in [3.63, 3.8) is 0 Å². The van der Waals surface area contributed by atoms with Crippen molar-refractivity contribution in [2.75, 3.05) is 6.61 Å². The lowest BCUT2D eigenvalue weighted by molar-refractivity contribution is 0.168. The molecule has 0 bridgehead atoms. The van der Waals surface area contributed by atoms with Gasteiger partial charge in [-0.05, 0) is 27.2 Å². The van der Waals surface area contributed by atoms with Gasteiger partial charge < -0.3 is 10.4 Å². The minimum absolute atomic E-state index is 0.111. The Kier molecular flexibility index (Phi) is 4.98.